The second-order valence-corrected chi connectivity index (χ2v) is 8.30. The molecule has 156 valence electrons. The van der Waals surface area contributed by atoms with Crippen molar-refractivity contribution in [3.05, 3.63) is 23.5 Å². The molecule has 4 heterocycles. The molecule has 2 fully saturated rings. The van der Waals surface area contributed by atoms with E-state index in [4.69, 9.17) is 0 Å². The van der Waals surface area contributed by atoms with Crippen molar-refractivity contribution in [1.29, 1.82) is 0 Å². The molecule has 0 N–H and O–H groups in total. The quantitative estimate of drug-likeness (QED) is 0.782. The largest absolute Gasteiger partial charge is 0.339 e. The number of piperidine rings is 1. The number of carbonyl (C=O) groups is 2. The fourth-order valence-corrected chi connectivity index (χ4v) is 4.47. The first-order valence-electron chi connectivity index (χ1n) is 10.5. The number of carbonyl (C=O) groups excluding carboxylic acids is 2. The highest BCUT2D eigenvalue weighted by Gasteiger charge is 2.28. The first kappa shape index (κ1) is 19.8. The van der Waals surface area contributed by atoms with Crippen molar-refractivity contribution >= 4 is 22.8 Å². The number of piperazine rings is 1. The van der Waals surface area contributed by atoms with Gasteiger partial charge in [-0.05, 0) is 39.2 Å². The smallest absolute Gasteiger partial charge is 0.255 e. The van der Waals surface area contributed by atoms with Crippen LogP contribution in [0.2, 0.25) is 0 Å². The summed E-state index contributed by atoms with van der Waals surface area (Å²) in [6, 6.07) is 2.23. The lowest BCUT2D eigenvalue weighted by Crippen LogP contribution is -2.53. The highest BCUT2D eigenvalue weighted by atomic mass is 16.2. The Kier molecular flexibility index (Phi) is 5.54. The Hall–Kier alpha value is -2.48. The number of aromatic nitrogens is 3. The summed E-state index contributed by atoms with van der Waals surface area (Å²) in [7, 11) is 1.86. The van der Waals surface area contributed by atoms with Crippen LogP contribution in [0.5, 0.6) is 0 Å². The van der Waals surface area contributed by atoms with Crippen molar-refractivity contribution in [2.24, 2.45) is 7.05 Å². The average molecular weight is 399 g/mol. The Bertz CT molecular complexity index is 915. The maximum absolute atomic E-state index is 12.9. The summed E-state index contributed by atoms with van der Waals surface area (Å²) in [5.74, 6) is 0.219. The number of hydrogen-bond donors (Lipinski definition) is 0. The third kappa shape index (κ3) is 3.99. The first-order chi connectivity index (χ1) is 13.9. The van der Waals surface area contributed by atoms with Gasteiger partial charge in [0.2, 0.25) is 5.91 Å². The van der Waals surface area contributed by atoms with Gasteiger partial charge in [0, 0.05) is 57.4 Å². The fourth-order valence-electron chi connectivity index (χ4n) is 4.47. The molecule has 0 radical (unpaired) electrons. The van der Waals surface area contributed by atoms with Gasteiger partial charge in [0.15, 0.2) is 5.65 Å². The molecule has 2 amide bonds. The van der Waals surface area contributed by atoms with E-state index in [0.717, 1.165) is 49.2 Å². The summed E-state index contributed by atoms with van der Waals surface area (Å²) in [4.78, 5) is 36.1. The van der Waals surface area contributed by atoms with Crippen LogP contribution in [0.25, 0.3) is 11.0 Å². The summed E-state index contributed by atoms with van der Waals surface area (Å²) in [5.41, 5.74) is 2.26. The molecule has 0 aliphatic carbocycles. The predicted octanol–water partition coefficient (Wildman–Crippen LogP) is 1.44. The molecule has 2 saturated heterocycles. The van der Waals surface area contributed by atoms with Gasteiger partial charge in [0.1, 0.15) is 0 Å². The number of fused-ring (bicyclic) bond motifs is 1. The third-order valence-electron chi connectivity index (χ3n) is 6.25. The molecule has 8 heteroatoms. The van der Waals surface area contributed by atoms with Gasteiger partial charge >= 0.3 is 0 Å². The van der Waals surface area contributed by atoms with Gasteiger partial charge in [-0.3, -0.25) is 19.2 Å². The van der Waals surface area contributed by atoms with Gasteiger partial charge < -0.3 is 9.80 Å². The van der Waals surface area contributed by atoms with Crippen LogP contribution in [0, 0.1) is 6.92 Å². The van der Waals surface area contributed by atoms with Crippen LogP contribution in [-0.4, -0.2) is 86.6 Å². The molecule has 2 aromatic rings. The third-order valence-corrected chi connectivity index (χ3v) is 6.25. The van der Waals surface area contributed by atoms with E-state index in [-0.39, 0.29) is 11.8 Å². The van der Waals surface area contributed by atoms with E-state index < -0.39 is 0 Å². The number of hydrogen-bond acceptors (Lipinski definition) is 5. The van der Waals surface area contributed by atoms with Crippen molar-refractivity contribution in [3.8, 4) is 0 Å². The van der Waals surface area contributed by atoms with Gasteiger partial charge in [-0.15, -0.1) is 0 Å². The Morgan fingerprint density at radius 1 is 1.14 bits per heavy atom. The number of pyridine rings is 1. The van der Waals surface area contributed by atoms with Crippen molar-refractivity contribution in [2.75, 3.05) is 39.3 Å². The van der Waals surface area contributed by atoms with E-state index in [1.165, 1.54) is 6.42 Å². The van der Waals surface area contributed by atoms with E-state index in [9.17, 15) is 9.59 Å². The zero-order valence-electron chi connectivity index (χ0n) is 17.6. The number of aryl methyl sites for hydroxylation is 2. The van der Waals surface area contributed by atoms with Crippen LogP contribution < -0.4 is 0 Å². The fraction of sp³-hybridized carbons (Fsp3) is 0.619. The Morgan fingerprint density at radius 2 is 1.90 bits per heavy atom. The molecular formula is C21H30N6O2. The van der Waals surface area contributed by atoms with Gasteiger partial charge in [0.05, 0.1) is 17.8 Å². The number of nitrogens with zero attached hydrogens (tertiary/aromatic N) is 6. The summed E-state index contributed by atoms with van der Waals surface area (Å²) >= 11 is 0. The maximum Gasteiger partial charge on any atom is 0.255 e. The topological polar surface area (TPSA) is 74.6 Å². The van der Waals surface area contributed by atoms with E-state index in [1.54, 1.807) is 10.9 Å². The minimum atomic E-state index is -0.00159. The second-order valence-electron chi connectivity index (χ2n) is 8.30. The lowest BCUT2D eigenvalue weighted by molar-refractivity contribution is -0.136. The predicted molar refractivity (Wildman–Crippen MR) is 111 cm³/mol. The lowest BCUT2D eigenvalue weighted by atomic mass is 10.0. The van der Waals surface area contributed by atoms with Gasteiger partial charge in [-0.25, -0.2) is 4.98 Å². The summed E-state index contributed by atoms with van der Waals surface area (Å²) < 4.78 is 1.73. The molecule has 4 rings (SSSR count). The summed E-state index contributed by atoms with van der Waals surface area (Å²) in [6.45, 7) is 8.11. The number of likely N-dealkylation sites (tertiary alicyclic amines) is 1. The van der Waals surface area contributed by atoms with Crippen LogP contribution in [0.15, 0.2) is 12.3 Å². The molecule has 1 atom stereocenters. The minimum Gasteiger partial charge on any atom is -0.339 e. The molecule has 2 aromatic heterocycles. The van der Waals surface area contributed by atoms with Crippen LogP contribution in [0.1, 0.15) is 42.2 Å². The van der Waals surface area contributed by atoms with Gasteiger partial charge in [-0.2, -0.15) is 5.10 Å². The number of amides is 2. The highest BCUT2D eigenvalue weighted by Crippen LogP contribution is 2.19. The second kappa shape index (κ2) is 8.10. The zero-order valence-corrected chi connectivity index (χ0v) is 17.6. The Balaban J connectivity index is 1.35. The molecule has 0 aromatic carbocycles. The molecule has 0 saturated carbocycles. The molecule has 2 aliphatic heterocycles. The van der Waals surface area contributed by atoms with Crippen LogP contribution in [-0.2, 0) is 11.8 Å². The van der Waals surface area contributed by atoms with E-state index >= 15 is 0 Å². The number of rotatable bonds is 3. The molecule has 29 heavy (non-hydrogen) atoms. The minimum absolute atomic E-state index is 0.00159. The van der Waals surface area contributed by atoms with Crippen LogP contribution >= 0.6 is 0 Å². The molecular weight excluding hydrogens is 368 g/mol. The van der Waals surface area contributed by atoms with Crippen molar-refractivity contribution in [1.82, 2.24) is 29.5 Å². The van der Waals surface area contributed by atoms with E-state index in [2.05, 4.69) is 21.9 Å². The Morgan fingerprint density at radius 3 is 2.62 bits per heavy atom. The monoisotopic (exact) mass is 398 g/mol. The maximum atomic E-state index is 12.9. The van der Waals surface area contributed by atoms with Crippen molar-refractivity contribution in [2.45, 2.75) is 39.2 Å². The van der Waals surface area contributed by atoms with E-state index in [1.807, 2.05) is 29.8 Å². The van der Waals surface area contributed by atoms with Gasteiger partial charge in [-0.1, -0.05) is 0 Å². The molecule has 1 unspecified atom stereocenters. The molecule has 8 nitrogen and oxygen atoms in total. The van der Waals surface area contributed by atoms with Crippen molar-refractivity contribution in [3.63, 3.8) is 0 Å². The van der Waals surface area contributed by atoms with Gasteiger partial charge in [0.25, 0.3) is 5.91 Å². The zero-order chi connectivity index (χ0) is 20.5. The summed E-state index contributed by atoms with van der Waals surface area (Å²) in [5, 5.41) is 5.29. The van der Waals surface area contributed by atoms with Crippen LogP contribution in [0.3, 0.4) is 0 Å². The normalized spacial score (nSPS) is 21.0. The van der Waals surface area contributed by atoms with E-state index in [0.29, 0.717) is 31.2 Å². The SMILES string of the molecule is Cc1nn(C)c2ncc(C(=O)N3CCN(CC(=O)N4CCCCC4C)CC3)cc12. The summed E-state index contributed by atoms with van der Waals surface area (Å²) in [6.07, 6.45) is 5.06. The highest BCUT2D eigenvalue weighted by molar-refractivity contribution is 5.97. The van der Waals surface area contributed by atoms with Crippen molar-refractivity contribution < 1.29 is 9.59 Å². The standard InChI is InChI=1S/C21H30N6O2/c1-15-6-4-5-7-27(15)19(28)14-25-8-10-26(11-9-25)21(29)17-12-18-16(2)23-24(3)20(18)22-13-17/h12-13,15H,4-11,14H2,1-3H3. The first-order valence-corrected chi connectivity index (χ1v) is 10.5. The lowest BCUT2D eigenvalue weighted by Gasteiger charge is -2.38. The molecule has 0 spiro atoms. The Labute approximate surface area is 171 Å². The van der Waals surface area contributed by atoms with Crippen LogP contribution in [0.4, 0.5) is 0 Å². The molecule has 0 bridgehead atoms. The molecule has 2 aliphatic rings. The average Bonchev–Trinajstić information content (AvgIpc) is 3.01.